The zero-order valence-electron chi connectivity index (χ0n) is 18.5. The number of hydrogen-bond donors (Lipinski definition) is 1. The molecule has 3 aromatic rings. The summed E-state index contributed by atoms with van der Waals surface area (Å²) in [7, 11) is 0. The molecule has 0 spiro atoms. The number of amides is 2. The standard InChI is InChI=1S/C27H29ClN2O2/c1-20(2)29-27(32)25(17-21-11-5-3-6-12-21)30(19-22-13-7-4-8-14-22)26(31)18-23-15-9-10-16-24(23)28/h3-16,20,25H,17-19H2,1-2H3,(H,29,32)/t25-/m0/s1. The number of benzene rings is 3. The monoisotopic (exact) mass is 448 g/mol. The van der Waals surface area contributed by atoms with Crippen molar-refractivity contribution in [1.82, 2.24) is 10.2 Å². The minimum atomic E-state index is -0.644. The molecule has 0 aliphatic heterocycles. The van der Waals surface area contributed by atoms with Gasteiger partial charge in [-0.2, -0.15) is 0 Å². The van der Waals surface area contributed by atoms with E-state index in [1.54, 1.807) is 11.0 Å². The van der Waals surface area contributed by atoms with E-state index in [1.165, 1.54) is 0 Å². The number of halogens is 1. The molecule has 32 heavy (non-hydrogen) atoms. The molecule has 0 fully saturated rings. The number of carbonyl (C=O) groups excluding carboxylic acids is 2. The van der Waals surface area contributed by atoms with Crippen molar-refractivity contribution in [3.8, 4) is 0 Å². The van der Waals surface area contributed by atoms with Gasteiger partial charge in [-0.15, -0.1) is 0 Å². The van der Waals surface area contributed by atoms with E-state index in [4.69, 9.17) is 11.6 Å². The lowest BCUT2D eigenvalue weighted by molar-refractivity contribution is -0.141. The summed E-state index contributed by atoms with van der Waals surface area (Å²) >= 11 is 6.32. The molecule has 0 aromatic heterocycles. The largest absolute Gasteiger partial charge is 0.352 e. The number of nitrogens with one attached hydrogen (secondary N) is 1. The van der Waals surface area contributed by atoms with Crippen molar-refractivity contribution in [1.29, 1.82) is 0 Å². The minimum absolute atomic E-state index is 0.0296. The van der Waals surface area contributed by atoms with Gasteiger partial charge in [-0.1, -0.05) is 90.5 Å². The summed E-state index contributed by atoms with van der Waals surface area (Å²) in [6.45, 7) is 4.18. The van der Waals surface area contributed by atoms with Gasteiger partial charge in [-0.25, -0.2) is 0 Å². The van der Waals surface area contributed by atoms with Gasteiger partial charge in [0.2, 0.25) is 11.8 Å². The van der Waals surface area contributed by atoms with E-state index in [-0.39, 0.29) is 24.3 Å². The average molecular weight is 449 g/mol. The highest BCUT2D eigenvalue weighted by Crippen LogP contribution is 2.20. The molecule has 2 amide bonds. The molecule has 0 heterocycles. The lowest BCUT2D eigenvalue weighted by atomic mass is 10.0. The Morgan fingerprint density at radius 3 is 2.00 bits per heavy atom. The Balaban J connectivity index is 1.96. The van der Waals surface area contributed by atoms with Crippen LogP contribution >= 0.6 is 11.6 Å². The second-order valence-electron chi connectivity index (χ2n) is 8.14. The molecule has 0 aliphatic rings. The number of hydrogen-bond acceptors (Lipinski definition) is 2. The van der Waals surface area contributed by atoms with Gasteiger partial charge in [0, 0.05) is 24.0 Å². The van der Waals surface area contributed by atoms with E-state index in [0.29, 0.717) is 18.0 Å². The fraction of sp³-hybridized carbons (Fsp3) is 0.259. The van der Waals surface area contributed by atoms with E-state index in [0.717, 1.165) is 16.7 Å². The molecule has 5 heteroatoms. The van der Waals surface area contributed by atoms with Crippen molar-refractivity contribution in [2.45, 2.75) is 45.3 Å². The van der Waals surface area contributed by atoms with Gasteiger partial charge in [0.05, 0.1) is 6.42 Å². The summed E-state index contributed by atoms with van der Waals surface area (Å²) < 4.78 is 0. The molecule has 3 aromatic carbocycles. The van der Waals surface area contributed by atoms with Gasteiger partial charge in [0.25, 0.3) is 0 Å². The van der Waals surface area contributed by atoms with Crippen LogP contribution in [0, 0.1) is 0 Å². The molecule has 0 radical (unpaired) electrons. The number of rotatable bonds is 9. The first-order valence-electron chi connectivity index (χ1n) is 10.8. The summed E-state index contributed by atoms with van der Waals surface area (Å²) in [5.41, 5.74) is 2.72. The first-order valence-corrected chi connectivity index (χ1v) is 11.2. The quantitative estimate of drug-likeness (QED) is 0.498. The van der Waals surface area contributed by atoms with Crippen molar-refractivity contribution in [3.63, 3.8) is 0 Å². The second-order valence-corrected chi connectivity index (χ2v) is 8.55. The molecular formula is C27H29ClN2O2. The molecule has 1 atom stereocenters. The van der Waals surface area contributed by atoms with Crippen LogP contribution < -0.4 is 5.32 Å². The maximum Gasteiger partial charge on any atom is 0.243 e. The third-order valence-electron chi connectivity index (χ3n) is 5.20. The van der Waals surface area contributed by atoms with Crippen LogP contribution in [0.4, 0.5) is 0 Å². The molecule has 3 rings (SSSR count). The summed E-state index contributed by atoms with van der Waals surface area (Å²) in [6, 6.07) is 26.2. The summed E-state index contributed by atoms with van der Waals surface area (Å²) in [5.74, 6) is -0.297. The Labute approximate surface area is 195 Å². The molecule has 0 bridgehead atoms. The molecule has 0 saturated carbocycles. The van der Waals surface area contributed by atoms with Gasteiger partial charge in [0.15, 0.2) is 0 Å². The highest BCUT2D eigenvalue weighted by Gasteiger charge is 2.30. The maximum absolute atomic E-state index is 13.6. The normalized spacial score (nSPS) is 11.8. The molecule has 0 saturated heterocycles. The first-order chi connectivity index (χ1) is 15.4. The summed E-state index contributed by atoms with van der Waals surface area (Å²) in [4.78, 5) is 28.5. The van der Waals surface area contributed by atoms with Crippen LogP contribution in [-0.2, 0) is 29.0 Å². The van der Waals surface area contributed by atoms with Crippen LogP contribution in [0.25, 0.3) is 0 Å². The Morgan fingerprint density at radius 2 is 1.41 bits per heavy atom. The summed E-state index contributed by atoms with van der Waals surface area (Å²) in [5, 5.41) is 3.55. The summed E-state index contributed by atoms with van der Waals surface area (Å²) in [6.07, 6.45) is 0.563. The zero-order valence-corrected chi connectivity index (χ0v) is 19.3. The van der Waals surface area contributed by atoms with Crippen LogP contribution in [0.1, 0.15) is 30.5 Å². The van der Waals surface area contributed by atoms with Crippen LogP contribution in [0.2, 0.25) is 5.02 Å². The second kappa shape index (κ2) is 11.5. The maximum atomic E-state index is 13.6. The molecule has 0 unspecified atom stereocenters. The van der Waals surface area contributed by atoms with Crippen molar-refractivity contribution >= 4 is 23.4 Å². The van der Waals surface area contributed by atoms with Crippen LogP contribution in [-0.4, -0.2) is 28.8 Å². The van der Waals surface area contributed by atoms with E-state index < -0.39 is 6.04 Å². The number of carbonyl (C=O) groups is 2. The third-order valence-corrected chi connectivity index (χ3v) is 5.57. The highest BCUT2D eigenvalue weighted by molar-refractivity contribution is 6.31. The van der Waals surface area contributed by atoms with Crippen molar-refractivity contribution in [2.24, 2.45) is 0 Å². The van der Waals surface area contributed by atoms with Crippen LogP contribution in [0.15, 0.2) is 84.9 Å². The molecule has 4 nitrogen and oxygen atoms in total. The SMILES string of the molecule is CC(C)NC(=O)[C@H](Cc1ccccc1)N(Cc1ccccc1)C(=O)Cc1ccccc1Cl. The van der Waals surface area contributed by atoms with E-state index in [2.05, 4.69) is 5.32 Å². The molecular weight excluding hydrogens is 420 g/mol. The van der Waals surface area contributed by atoms with Crippen molar-refractivity contribution in [3.05, 3.63) is 107 Å². The van der Waals surface area contributed by atoms with Gasteiger partial charge >= 0.3 is 0 Å². The van der Waals surface area contributed by atoms with Gasteiger partial charge < -0.3 is 10.2 Å². The fourth-order valence-electron chi connectivity index (χ4n) is 3.62. The number of nitrogens with zero attached hydrogens (tertiary/aromatic N) is 1. The van der Waals surface area contributed by atoms with Gasteiger partial charge in [-0.3, -0.25) is 9.59 Å². The van der Waals surface area contributed by atoms with E-state index in [1.807, 2.05) is 92.7 Å². The van der Waals surface area contributed by atoms with E-state index >= 15 is 0 Å². The predicted octanol–water partition coefficient (Wildman–Crippen LogP) is 5.05. The minimum Gasteiger partial charge on any atom is -0.352 e. The van der Waals surface area contributed by atoms with Crippen LogP contribution in [0.3, 0.4) is 0 Å². The molecule has 0 aliphatic carbocycles. The fourth-order valence-corrected chi connectivity index (χ4v) is 3.82. The van der Waals surface area contributed by atoms with Crippen molar-refractivity contribution < 1.29 is 9.59 Å². The molecule has 1 N–H and O–H groups in total. The lowest BCUT2D eigenvalue weighted by Gasteiger charge is -2.32. The Bertz CT molecular complexity index is 1020. The Morgan fingerprint density at radius 1 is 0.844 bits per heavy atom. The first kappa shape index (κ1) is 23.6. The van der Waals surface area contributed by atoms with Gasteiger partial charge in [0.1, 0.15) is 6.04 Å². The highest BCUT2D eigenvalue weighted by atomic mass is 35.5. The Hall–Kier alpha value is -3.11. The lowest BCUT2D eigenvalue weighted by Crippen LogP contribution is -2.52. The van der Waals surface area contributed by atoms with Crippen molar-refractivity contribution in [2.75, 3.05) is 0 Å². The zero-order chi connectivity index (χ0) is 22.9. The third kappa shape index (κ3) is 6.69. The molecule has 166 valence electrons. The Kier molecular flexibility index (Phi) is 8.46. The van der Waals surface area contributed by atoms with E-state index in [9.17, 15) is 9.59 Å². The topological polar surface area (TPSA) is 49.4 Å². The van der Waals surface area contributed by atoms with Crippen LogP contribution in [0.5, 0.6) is 0 Å². The average Bonchev–Trinajstić information content (AvgIpc) is 2.78. The van der Waals surface area contributed by atoms with Gasteiger partial charge in [-0.05, 0) is 36.6 Å². The predicted molar refractivity (Wildman–Crippen MR) is 129 cm³/mol. The smallest absolute Gasteiger partial charge is 0.243 e.